The molecule has 0 N–H and O–H groups in total. The van der Waals surface area contributed by atoms with Crippen molar-refractivity contribution in [3.05, 3.63) is 6.42 Å². The van der Waals surface area contributed by atoms with Gasteiger partial charge in [0.2, 0.25) is 0 Å². The van der Waals surface area contributed by atoms with Crippen molar-refractivity contribution in [3.8, 4) is 0 Å². The molecule has 0 spiro atoms. The van der Waals surface area contributed by atoms with Gasteiger partial charge in [-0.2, -0.15) is 0 Å². The van der Waals surface area contributed by atoms with Gasteiger partial charge in [0, 0.05) is 0 Å². The molecule has 0 aromatic rings. The first-order chi connectivity index (χ1) is 11.1. The molecule has 0 nitrogen and oxygen atoms in total. The predicted molar refractivity (Wildman–Crippen MR) is 108 cm³/mol. The molecule has 0 aromatic carbocycles. The summed E-state index contributed by atoms with van der Waals surface area (Å²) in [5.41, 5.74) is 0. The van der Waals surface area contributed by atoms with Crippen molar-refractivity contribution >= 4 is 0 Å². The Balaban J connectivity index is 2.97. The van der Waals surface area contributed by atoms with Gasteiger partial charge in [-0.3, -0.25) is 0 Å². The molecule has 0 fully saturated rings. The highest BCUT2D eigenvalue weighted by molar-refractivity contribution is 4.64. The van der Waals surface area contributed by atoms with Crippen LogP contribution < -0.4 is 0 Å². The van der Waals surface area contributed by atoms with Crippen LogP contribution in [0.4, 0.5) is 0 Å². The highest BCUT2D eigenvalue weighted by Crippen LogP contribution is 2.15. The lowest BCUT2D eigenvalue weighted by atomic mass is 10.0. The van der Waals surface area contributed by atoms with Crippen LogP contribution in [0.3, 0.4) is 0 Å². The number of hydrogen-bond donors (Lipinski definition) is 0. The van der Waals surface area contributed by atoms with Gasteiger partial charge in [0.05, 0.1) is 0 Å². The van der Waals surface area contributed by atoms with Gasteiger partial charge in [0.25, 0.3) is 0 Å². The van der Waals surface area contributed by atoms with E-state index in [1.165, 1.54) is 103 Å². The summed E-state index contributed by atoms with van der Waals surface area (Å²) in [4.78, 5) is 0. The van der Waals surface area contributed by atoms with E-state index in [0.29, 0.717) is 0 Å². The first-order valence-electron chi connectivity index (χ1n) is 10.9. The minimum absolute atomic E-state index is 0.892. The highest BCUT2D eigenvalue weighted by Gasteiger charge is 1.97. The van der Waals surface area contributed by atoms with E-state index in [4.69, 9.17) is 0 Å². The van der Waals surface area contributed by atoms with Gasteiger partial charge < -0.3 is 0 Å². The Morgan fingerprint density at radius 1 is 0.435 bits per heavy atom. The second kappa shape index (κ2) is 18.3. The molecule has 0 aromatic heterocycles. The molecular weight excluding hydrogens is 276 g/mol. The monoisotopic (exact) mass is 323 g/mol. The van der Waals surface area contributed by atoms with Crippen LogP contribution in [-0.4, -0.2) is 0 Å². The summed E-state index contributed by atoms with van der Waals surface area (Å²) < 4.78 is 0. The van der Waals surface area contributed by atoms with Gasteiger partial charge in [0.1, 0.15) is 0 Å². The molecule has 0 aliphatic rings. The molecule has 0 saturated heterocycles. The predicted octanol–water partition coefficient (Wildman–Crippen LogP) is 8.74. The highest BCUT2D eigenvalue weighted by atomic mass is 14.0. The van der Waals surface area contributed by atoms with Gasteiger partial charge >= 0.3 is 0 Å². The normalized spacial score (nSPS) is 11.7. The van der Waals surface area contributed by atoms with E-state index in [2.05, 4.69) is 34.1 Å². The molecule has 0 aliphatic heterocycles. The number of hydrogen-bond acceptors (Lipinski definition) is 0. The fraction of sp³-hybridized carbons (Fsp3) is 0.957. The minimum atomic E-state index is 0.892. The molecule has 0 atom stereocenters. The van der Waals surface area contributed by atoms with Crippen LogP contribution in [0.1, 0.15) is 130 Å². The Bertz CT molecular complexity index is 182. The fourth-order valence-electron chi connectivity index (χ4n) is 3.24. The van der Waals surface area contributed by atoms with Gasteiger partial charge in [-0.1, -0.05) is 130 Å². The topological polar surface area (TPSA) is 0 Å². The van der Waals surface area contributed by atoms with Crippen LogP contribution >= 0.6 is 0 Å². The van der Waals surface area contributed by atoms with E-state index in [1.807, 2.05) is 0 Å². The maximum atomic E-state index is 2.55. The molecule has 0 saturated carbocycles. The van der Waals surface area contributed by atoms with Crippen LogP contribution in [0, 0.1) is 18.3 Å². The lowest BCUT2D eigenvalue weighted by Gasteiger charge is -2.05. The van der Waals surface area contributed by atoms with Gasteiger partial charge in [-0.05, 0) is 18.3 Å². The quantitative estimate of drug-likeness (QED) is 0.221. The van der Waals surface area contributed by atoms with E-state index in [9.17, 15) is 0 Å². The lowest BCUT2D eigenvalue weighted by Crippen LogP contribution is -1.88. The van der Waals surface area contributed by atoms with Crippen LogP contribution in [0.25, 0.3) is 0 Å². The number of rotatable bonds is 18. The first-order valence-corrected chi connectivity index (χ1v) is 10.9. The second-order valence-electron chi connectivity index (χ2n) is 8.47. The van der Waals surface area contributed by atoms with Gasteiger partial charge in [-0.25, -0.2) is 0 Å². The summed E-state index contributed by atoms with van der Waals surface area (Å²) in [7, 11) is 0. The van der Waals surface area contributed by atoms with Crippen LogP contribution in [0.5, 0.6) is 0 Å². The van der Waals surface area contributed by atoms with Crippen LogP contribution in [-0.2, 0) is 0 Å². The van der Waals surface area contributed by atoms with Crippen LogP contribution in [0.2, 0.25) is 0 Å². The van der Waals surface area contributed by atoms with Crippen molar-refractivity contribution in [2.45, 2.75) is 130 Å². The third-order valence-electron chi connectivity index (χ3n) is 4.88. The standard InChI is InChI=1S/C23H47/c1-22(2)20-18-16-14-12-10-8-6-5-7-9-11-13-15-17-19-21-23(3)4/h6,22-23H,5,7-21H2,1-4H3. The molecule has 1 radical (unpaired) electrons. The maximum absolute atomic E-state index is 2.55. The van der Waals surface area contributed by atoms with Gasteiger partial charge in [-0.15, -0.1) is 0 Å². The Morgan fingerprint density at radius 2 is 0.739 bits per heavy atom. The first kappa shape index (κ1) is 23.0. The molecule has 0 bridgehead atoms. The Kier molecular flexibility index (Phi) is 18.3. The van der Waals surface area contributed by atoms with E-state index in [0.717, 1.165) is 11.8 Å². The molecule has 23 heavy (non-hydrogen) atoms. The molecule has 0 unspecified atom stereocenters. The van der Waals surface area contributed by atoms with Crippen molar-refractivity contribution in [2.24, 2.45) is 11.8 Å². The van der Waals surface area contributed by atoms with E-state index >= 15 is 0 Å². The molecule has 0 amide bonds. The average Bonchev–Trinajstić information content (AvgIpc) is 2.49. The molecular formula is C23H47. The summed E-state index contributed by atoms with van der Waals surface area (Å²) in [5.74, 6) is 1.79. The van der Waals surface area contributed by atoms with Gasteiger partial charge in [0.15, 0.2) is 0 Å². The van der Waals surface area contributed by atoms with E-state index < -0.39 is 0 Å². The number of unbranched alkanes of at least 4 members (excludes halogenated alkanes) is 14. The largest absolute Gasteiger partial charge is 0.0628 e. The molecule has 0 aliphatic carbocycles. The Hall–Kier alpha value is 0. The van der Waals surface area contributed by atoms with Crippen molar-refractivity contribution < 1.29 is 0 Å². The van der Waals surface area contributed by atoms with Crippen molar-refractivity contribution in [1.82, 2.24) is 0 Å². The third-order valence-corrected chi connectivity index (χ3v) is 4.88. The second-order valence-corrected chi connectivity index (χ2v) is 8.47. The van der Waals surface area contributed by atoms with Crippen molar-refractivity contribution in [3.63, 3.8) is 0 Å². The third kappa shape index (κ3) is 22.0. The Morgan fingerprint density at radius 3 is 1.09 bits per heavy atom. The zero-order valence-corrected chi connectivity index (χ0v) is 17.0. The molecule has 139 valence electrons. The summed E-state index contributed by atoms with van der Waals surface area (Å²) in [6, 6.07) is 0. The molecule has 0 heterocycles. The summed E-state index contributed by atoms with van der Waals surface area (Å²) in [6.45, 7) is 9.34. The SMILES string of the molecule is CC(C)CCCCCCC[CH]CCCCCCCCCC(C)C. The van der Waals surface area contributed by atoms with E-state index in [-0.39, 0.29) is 0 Å². The average molecular weight is 324 g/mol. The summed E-state index contributed by atoms with van der Waals surface area (Å²) in [6.07, 6.45) is 25.5. The summed E-state index contributed by atoms with van der Waals surface area (Å²) in [5, 5.41) is 0. The van der Waals surface area contributed by atoms with Crippen molar-refractivity contribution in [1.29, 1.82) is 0 Å². The van der Waals surface area contributed by atoms with Crippen molar-refractivity contribution in [2.75, 3.05) is 0 Å². The molecule has 0 rings (SSSR count). The molecule has 0 heteroatoms. The van der Waals surface area contributed by atoms with Crippen LogP contribution in [0.15, 0.2) is 0 Å². The zero-order valence-electron chi connectivity index (χ0n) is 17.0. The zero-order chi connectivity index (χ0) is 17.2. The summed E-state index contributed by atoms with van der Waals surface area (Å²) >= 11 is 0. The Labute approximate surface area is 149 Å². The lowest BCUT2D eigenvalue weighted by molar-refractivity contribution is 0.507. The van der Waals surface area contributed by atoms with E-state index in [1.54, 1.807) is 0 Å². The minimum Gasteiger partial charge on any atom is -0.0628 e. The fourth-order valence-corrected chi connectivity index (χ4v) is 3.24. The maximum Gasteiger partial charge on any atom is -0.0386 e. The smallest absolute Gasteiger partial charge is 0.0386 e.